The molecule has 0 aliphatic rings. The Morgan fingerprint density at radius 3 is 2.40 bits per heavy atom. The lowest BCUT2D eigenvalue weighted by Gasteiger charge is -2.16. The number of sulfonamides is 1. The van der Waals surface area contributed by atoms with Gasteiger partial charge >= 0.3 is 0 Å². The number of carbonyl (C=O) groups is 1. The van der Waals surface area contributed by atoms with Crippen LogP contribution in [-0.4, -0.2) is 53.7 Å². The van der Waals surface area contributed by atoms with Gasteiger partial charge in [0.1, 0.15) is 6.04 Å². The highest BCUT2D eigenvalue weighted by Crippen LogP contribution is 2.23. The van der Waals surface area contributed by atoms with E-state index in [9.17, 15) is 13.2 Å². The van der Waals surface area contributed by atoms with E-state index in [1.807, 2.05) is 6.26 Å². The molecule has 11 heteroatoms. The van der Waals surface area contributed by atoms with Crippen LogP contribution < -0.4 is 11.1 Å². The van der Waals surface area contributed by atoms with Gasteiger partial charge in [-0.3, -0.25) is 9.36 Å². The summed E-state index contributed by atoms with van der Waals surface area (Å²) in [5.41, 5.74) is 6.25. The maximum absolute atomic E-state index is 12.4. The van der Waals surface area contributed by atoms with E-state index in [1.165, 1.54) is 54.7 Å². The summed E-state index contributed by atoms with van der Waals surface area (Å²) in [5, 5.41) is 10.9. The molecule has 1 heterocycles. The van der Waals surface area contributed by atoms with Crippen molar-refractivity contribution in [1.82, 2.24) is 19.1 Å². The average molecular weight is 384 g/mol. The van der Waals surface area contributed by atoms with Crippen molar-refractivity contribution in [3.05, 3.63) is 24.3 Å². The number of thioether (sulfide) groups is 1. The summed E-state index contributed by atoms with van der Waals surface area (Å²) in [7, 11) is -0.592. The number of anilines is 2. The second-order valence-electron chi connectivity index (χ2n) is 5.39. The van der Waals surface area contributed by atoms with Gasteiger partial charge in [-0.1, -0.05) is 11.8 Å². The van der Waals surface area contributed by atoms with E-state index < -0.39 is 16.1 Å². The molecule has 0 saturated heterocycles. The number of nitrogens with one attached hydrogen (secondary N) is 1. The van der Waals surface area contributed by atoms with Gasteiger partial charge in [-0.15, -0.1) is 10.2 Å². The Balaban J connectivity index is 2.17. The third-order valence-electron chi connectivity index (χ3n) is 3.54. The number of nitrogens with two attached hydrogens (primary N) is 1. The quantitative estimate of drug-likeness (QED) is 0.713. The molecule has 1 amide bonds. The Morgan fingerprint density at radius 1 is 1.28 bits per heavy atom. The lowest BCUT2D eigenvalue weighted by Crippen LogP contribution is -2.25. The summed E-state index contributed by atoms with van der Waals surface area (Å²) in [5.74, 6) is -0.163. The Hall–Kier alpha value is -2.11. The van der Waals surface area contributed by atoms with Gasteiger partial charge in [-0.2, -0.15) is 0 Å². The van der Waals surface area contributed by atoms with Gasteiger partial charge in [0.25, 0.3) is 0 Å². The van der Waals surface area contributed by atoms with Crippen molar-refractivity contribution in [2.45, 2.75) is 23.0 Å². The zero-order chi connectivity index (χ0) is 18.8. The summed E-state index contributed by atoms with van der Waals surface area (Å²) >= 11 is 1.33. The van der Waals surface area contributed by atoms with Crippen molar-refractivity contribution in [2.75, 3.05) is 31.4 Å². The SMILES string of the molecule is CSc1nnc(N)n1C(C)C(=O)Nc1ccc(S(=O)(=O)N(C)C)cc1. The first-order chi connectivity index (χ1) is 11.7. The predicted octanol–water partition coefficient (Wildman–Crippen LogP) is 1.03. The predicted molar refractivity (Wildman–Crippen MR) is 96.9 cm³/mol. The van der Waals surface area contributed by atoms with Gasteiger partial charge in [0.05, 0.1) is 4.90 Å². The molecule has 9 nitrogen and oxygen atoms in total. The van der Waals surface area contributed by atoms with E-state index in [0.717, 1.165) is 4.31 Å². The number of benzene rings is 1. The number of hydrogen-bond donors (Lipinski definition) is 2. The zero-order valence-electron chi connectivity index (χ0n) is 14.3. The van der Waals surface area contributed by atoms with E-state index in [2.05, 4.69) is 15.5 Å². The monoisotopic (exact) mass is 384 g/mol. The van der Waals surface area contributed by atoms with Crippen molar-refractivity contribution < 1.29 is 13.2 Å². The minimum absolute atomic E-state index is 0.149. The molecule has 0 aliphatic carbocycles. The molecule has 3 N–H and O–H groups in total. The molecular weight excluding hydrogens is 364 g/mol. The molecule has 0 aliphatic heterocycles. The molecular formula is C14H20N6O3S2. The first-order valence-electron chi connectivity index (χ1n) is 7.26. The summed E-state index contributed by atoms with van der Waals surface area (Å²) in [6.45, 7) is 1.68. The van der Waals surface area contributed by atoms with Crippen LogP contribution in [0.3, 0.4) is 0 Å². The third-order valence-corrected chi connectivity index (χ3v) is 6.01. The van der Waals surface area contributed by atoms with Gasteiger partial charge in [0, 0.05) is 19.8 Å². The number of nitrogen functional groups attached to an aromatic ring is 1. The van der Waals surface area contributed by atoms with E-state index in [1.54, 1.807) is 6.92 Å². The average Bonchev–Trinajstić information content (AvgIpc) is 2.95. The topological polar surface area (TPSA) is 123 Å². The van der Waals surface area contributed by atoms with Gasteiger partial charge in [-0.05, 0) is 37.4 Å². The number of carbonyl (C=O) groups excluding carboxylic acids is 1. The largest absolute Gasteiger partial charge is 0.368 e. The minimum Gasteiger partial charge on any atom is -0.368 e. The molecule has 1 aromatic heterocycles. The van der Waals surface area contributed by atoms with Crippen LogP contribution in [0.5, 0.6) is 0 Å². The van der Waals surface area contributed by atoms with Gasteiger partial charge in [-0.25, -0.2) is 12.7 Å². The molecule has 0 radical (unpaired) electrons. The van der Waals surface area contributed by atoms with Gasteiger partial charge in [0.15, 0.2) is 5.16 Å². The van der Waals surface area contributed by atoms with Crippen LogP contribution >= 0.6 is 11.8 Å². The molecule has 0 saturated carbocycles. The summed E-state index contributed by atoms with van der Waals surface area (Å²) in [4.78, 5) is 12.6. The highest BCUT2D eigenvalue weighted by atomic mass is 32.2. The number of rotatable bonds is 6. The summed E-state index contributed by atoms with van der Waals surface area (Å²) in [6, 6.07) is 5.33. The summed E-state index contributed by atoms with van der Waals surface area (Å²) < 4.78 is 26.7. The lowest BCUT2D eigenvalue weighted by molar-refractivity contribution is -0.118. The first kappa shape index (κ1) is 19.2. The lowest BCUT2D eigenvalue weighted by atomic mass is 10.2. The van der Waals surface area contributed by atoms with Crippen LogP contribution in [0.15, 0.2) is 34.3 Å². The van der Waals surface area contributed by atoms with Crippen LogP contribution in [0.4, 0.5) is 11.6 Å². The molecule has 25 heavy (non-hydrogen) atoms. The number of hydrogen-bond acceptors (Lipinski definition) is 7. The van der Waals surface area contributed by atoms with E-state index in [4.69, 9.17) is 5.73 Å². The van der Waals surface area contributed by atoms with Crippen molar-refractivity contribution >= 4 is 39.3 Å². The molecule has 0 fully saturated rings. The fourth-order valence-electron chi connectivity index (χ4n) is 2.08. The van der Waals surface area contributed by atoms with E-state index in [-0.39, 0.29) is 16.8 Å². The first-order valence-corrected chi connectivity index (χ1v) is 9.92. The Kier molecular flexibility index (Phi) is 5.70. The maximum Gasteiger partial charge on any atom is 0.247 e. The fraction of sp³-hybridized carbons (Fsp3) is 0.357. The number of amides is 1. The Labute approximate surface area is 150 Å². The molecule has 1 unspecified atom stereocenters. The van der Waals surface area contributed by atoms with E-state index in [0.29, 0.717) is 10.8 Å². The fourth-order valence-corrected chi connectivity index (χ4v) is 3.55. The van der Waals surface area contributed by atoms with Crippen molar-refractivity contribution in [2.24, 2.45) is 0 Å². The molecule has 136 valence electrons. The third kappa shape index (κ3) is 3.94. The molecule has 2 aromatic rings. The van der Waals surface area contributed by atoms with Crippen molar-refractivity contribution in [1.29, 1.82) is 0 Å². The van der Waals surface area contributed by atoms with Gasteiger partial charge < -0.3 is 11.1 Å². The highest BCUT2D eigenvalue weighted by Gasteiger charge is 2.22. The van der Waals surface area contributed by atoms with Crippen LogP contribution in [0.25, 0.3) is 0 Å². The maximum atomic E-state index is 12.4. The van der Waals surface area contributed by atoms with Crippen LogP contribution in [0.2, 0.25) is 0 Å². The van der Waals surface area contributed by atoms with Crippen LogP contribution in [0.1, 0.15) is 13.0 Å². The van der Waals surface area contributed by atoms with Crippen molar-refractivity contribution in [3.63, 3.8) is 0 Å². The molecule has 1 aromatic carbocycles. The van der Waals surface area contributed by atoms with Crippen LogP contribution in [-0.2, 0) is 14.8 Å². The van der Waals surface area contributed by atoms with Crippen LogP contribution in [0, 0.1) is 0 Å². The Morgan fingerprint density at radius 2 is 1.88 bits per heavy atom. The van der Waals surface area contributed by atoms with E-state index >= 15 is 0 Å². The second kappa shape index (κ2) is 7.42. The minimum atomic E-state index is -3.51. The molecule has 0 bridgehead atoms. The molecule has 1 atom stereocenters. The smallest absolute Gasteiger partial charge is 0.247 e. The van der Waals surface area contributed by atoms with Gasteiger partial charge in [0.2, 0.25) is 21.9 Å². The highest BCUT2D eigenvalue weighted by molar-refractivity contribution is 7.98. The van der Waals surface area contributed by atoms with Crippen molar-refractivity contribution in [3.8, 4) is 0 Å². The molecule has 0 spiro atoms. The standard InChI is InChI=1S/C14H20N6O3S2/c1-9(20-13(15)17-18-14(20)24-4)12(21)16-10-5-7-11(8-6-10)25(22,23)19(2)3/h5-9H,1-4H3,(H2,15,17)(H,16,21). The molecule has 2 rings (SSSR count). The number of nitrogens with zero attached hydrogens (tertiary/aromatic N) is 4. The zero-order valence-corrected chi connectivity index (χ0v) is 15.9. The summed E-state index contributed by atoms with van der Waals surface area (Å²) in [6.07, 6.45) is 1.81. The Bertz CT molecular complexity index is 861. The number of aromatic nitrogens is 3. The normalized spacial score (nSPS) is 13.0. The second-order valence-corrected chi connectivity index (χ2v) is 8.32.